The second-order valence-corrected chi connectivity index (χ2v) is 6.29. The molecule has 4 nitrogen and oxygen atoms in total. The molecule has 2 aromatic rings. The number of rotatable bonds is 5. The number of hydrogen-bond acceptors (Lipinski definition) is 2. The van der Waals surface area contributed by atoms with Crippen molar-refractivity contribution in [3.8, 4) is 11.1 Å². The molecule has 4 heteroatoms. The summed E-state index contributed by atoms with van der Waals surface area (Å²) in [6.45, 7) is 0. The van der Waals surface area contributed by atoms with Gasteiger partial charge in [0.2, 0.25) is 5.91 Å². The number of hydrogen-bond donors (Lipinski definition) is 2. The Bertz CT molecular complexity index is 709. The van der Waals surface area contributed by atoms with Gasteiger partial charge in [-0.15, -0.1) is 0 Å². The molecule has 0 aromatic heterocycles. The lowest BCUT2D eigenvalue weighted by atomic mass is 10.0. The lowest BCUT2D eigenvalue weighted by molar-refractivity contribution is -0.142. The molecular formula is C20H21NO3. The van der Waals surface area contributed by atoms with Gasteiger partial charge in [0.05, 0.1) is 12.3 Å². The molecule has 0 saturated heterocycles. The number of aliphatic carboxylic acids is 1. The van der Waals surface area contributed by atoms with Crippen LogP contribution in [0, 0.1) is 5.92 Å². The molecule has 0 spiro atoms. The molecule has 0 unspecified atom stereocenters. The molecule has 0 radical (unpaired) electrons. The first kappa shape index (κ1) is 16.2. The van der Waals surface area contributed by atoms with Crippen molar-refractivity contribution in [1.29, 1.82) is 0 Å². The third kappa shape index (κ3) is 3.82. The molecule has 2 aromatic carbocycles. The topological polar surface area (TPSA) is 66.4 Å². The Morgan fingerprint density at radius 1 is 0.958 bits per heavy atom. The molecule has 2 N–H and O–H groups in total. The molecule has 0 aliphatic heterocycles. The van der Waals surface area contributed by atoms with E-state index in [1.54, 1.807) is 0 Å². The molecule has 0 heterocycles. The highest BCUT2D eigenvalue weighted by atomic mass is 16.4. The van der Waals surface area contributed by atoms with Crippen molar-refractivity contribution in [3.63, 3.8) is 0 Å². The molecule has 0 bridgehead atoms. The maximum atomic E-state index is 12.2. The molecule has 1 aliphatic carbocycles. The first-order valence-corrected chi connectivity index (χ1v) is 8.30. The van der Waals surface area contributed by atoms with E-state index in [9.17, 15) is 14.7 Å². The van der Waals surface area contributed by atoms with Gasteiger partial charge in [-0.1, -0.05) is 61.0 Å². The summed E-state index contributed by atoms with van der Waals surface area (Å²) in [5.41, 5.74) is 3.18. The minimum Gasteiger partial charge on any atom is -0.481 e. The minimum atomic E-state index is -0.815. The Balaban J connectivity index is 1.60. The summed E-state index contributed by atoms with van der Waals surface area (Å²) in [6.07, 6.45) is 2.52. The average molecular weight is 323 g/mol. The highest BCUT2D eigenvalue weighted by Crippen LogP contribution is 2.26. The van der Waals surface area contributed by atoms with Crippen LogP contribution in [0.25, 0.3) is 11.1 Å². The van der Waals surface area contributed by atoms with Crippen LogP contribution < -0.4 is 5.32 Å². The van der Waals surface area contributed by atoms with Crippen molar-refractivity contribution >= 4 is 11.9 Å². The Morgan fingerprint density at radius 3 is 2.29 bits per heavy atom. The molecule has 1 saturated carbocycles. The van der Waals surface area contributed by atoms with Crippen LogP contribution in [0.4, 0.5) is 0 Å². The summed E-state index contributed by atoms with van der Waals surface area (Å²) in [4.78, 5) is 23.4. The smallest absolute Gasteiger partial charge is 0.308 e. The van der Waals surface area contributed by atoms with Gasteiger partial charge < -0.3 is 10.4 Å². The van der Waals surface area contributed by atoms with Crippen LogP contribution in [-0.2, 0) is 16.0 Å². The maximum absolute atomic E-state index is 12.2. The molecule has 3 rings (SSSR count). The minimum absolute atomic E-state index is 0.111. The van der Waals surface area contributed by atoms with Gasteiger partial charge in [-0.05, 0) is 29.5 Å². The second-order valence-electron chi connectivity index (χ2n) is 6.29. The van der Waals surface area contributed by atoms with E-state index in [1.165, 1.54) is 0 Å². The van der Waals surface area contributed by atoms with Crippen LogP contribution in [0.3, 0.4) is 0 Å². The van der Waals surface area contributed by atoms with Gasteiger partial charge in [0.1, 0.15) is 0 Å². The predicted octanol–water partition coefficient (Wildman–Crippen LogP) is 3.27. The highest BCUT2D eigenvalue weighted by Gasteiger charge is 2.33. The third-order valence-electron chi connectivity index (χ3n) is 4.61. The quantitative estimate of drug-likeness (QED) is 0.887. The fourth-order valence-electron chi connectivity index (χ4n) is 3.32. The molecule has 1 aliphatic rings. The first-order valence-electron chi connectivity index (χ1n) is 8.30. The van der Waals surface area contributed by atoms with Gasteiger partial charge in [-0.2, -0.15) is 0 Å². The van der Waals surface area contributed by atoms with E-state index in [1.807, 2.05) is 54.6 Å². The zero-order valence-corrected chi connectivity index (χ0v) is 13.4. The van der Waals surface area contributed by atoms with Crippen LogP contribution in [-0.4, -0.2) is 23.0 Å². The average Bonchev–Trinajstić information content (AvgIpc) is 3.04. The van der Waals surface area contributed by atoms with Crippen LogP contribution in [0.15, 0.2) is 54.6 Å². The van der Waals surface area contributed by atoms with E-state index in [4.69, 9.17) is 0 Å². The second kappa shape index (κ2) is 7.30. The van der Waals surface area contributed by atoms with E-state index in [0.29, 0.717) is 6.42 Å². The number of amides is 1. The lowest BCUT2D eigenvalue weighted by Gasteiger charge is -2.17. The zero-order valence-electron chi connectivity index (χ0n) is 13.4. The van der Waals surface area contributed by atoms with Gasteiger partial charge in [0, 0.05) is 6.04 Å². The van der Waals surface area contributed by atoms with Gasteiger partial charge >= 0.3 is 5.97 Å². The van der Waals surface area contributed by atoms with Gasteiger partial charge in [-0.3, -0.25) is 9.59 Å². The summed E-state index contributed by atoms with van der Waals surface area (Å²) in [5, 5.41) is 12.1. The van der Waals surface area contributed by atoms with Gasteiger partial charge in [-0.25, -0.2) is 0 Å². The number of carbonyl (C=O) groups is 2. The standard InChI is InChI=1S/C20H21NO3/c22-19(21-18-8-4-7-17(18)20(23)24)13-14-9-11-16(12-10-14)15-5-2-1-3-6-15/h1-3,5-6,9-12,17-18H,4,7-8,13H2,(H,21,22)(H,23,24)/t17-,18+/m1/s1. The van der Waals surface area contributed by atoms with Gasteiger partial charge in [0.15, 0.2) is 0 Å². The Labute approximate surface area is 141 Å². The molecule has 1 amide bonds. The van der Waals surface area contributed by atoms with Crippen molar-refractivity contribution in [2.45, 2.75) is 31.7 Å². The summed E-state index contributed by atoms with van der Waals surface area (Å²) in [7, 11) is 0. The van der Waals surface area contributed by atoms with Crippen molar-refractivity contribution in [2.75, 3.05) is 0 Å². The molecule has 1 fully saturated rings. The van der Waals surface area contributed by atoms with Gasteiger partial charge in [0.25, 0.3) is 0 Å². The normalized spacial score (nSPS) is 19.8. The Kier molecular flexibility index (Phi) is 4.94. The van der Waals surface area contributed by atoms with E-state index in [2.05, 4.69) is 5.32 Å². The summed E-state index contributed by atoms with van der Waals surface area (Å²) in [5.74, 6) is -1.37. The molecular weight excluding hydrogens is 302 g/mol. The Morgan fingerprint density at radius 2 is 1.62 bits per heavy atom. The van der Waals surface area contributed by atoms with Crippen molar-refractivity contribution < 1.29 is 14.7 Å². The zero-order chi connectivity index (χ0) is 16.9. The first-order chi connectivity index (χ1) is 11.6. The highest BCUT2D eigenvalue weighted by molar-refractivity contribution is 5.80. The fourth-order valence-corrected chi connectivity index (χ4v) is 3.32. The SMILES string of the molecule is O=C(Cc1ccc(-c2ccccc2)cc1)N[C@H]1CCC[C@H]1C(=O)O. The van der Waals surface area contributed by atoms with E-state index < -0.39 is 11.9 Å². The lowest BCUT2D eigenvalue weighted by Crippen LogP contribution is -2.40. The predicted molar refractivity (Wildman–Crippen MR) is 92.5 cm³/mol. The fraction of sp³-hybridized carbons (Fsp3) is 0.300. The van der Waals surface area contributed by atoms with E-state index in [0.717, 1.165) is 29.5 Å². The Hall–Kier alpha value is -2.62. The molecule has 2 atom stereocenters. The van der Waals surface area contributed by atoms with Crippen LogP contribution in [0.2, 0.25) is 0 Å². The van der Waals surface area contributed by atoms with Crippen molar-refractivity contribution in [1.82, 2.24) is 5.32 Å². The number of nitrogens with one attached hydrogen (secondary N) is 1. The number of benzene rings is 2. The maximum Gasteiger partial charge on any atom is 0.308 e. The number of carboxylic acids is 1. The van der Waals surface area contributed by atoms with Crippen molar-refractivity contribution in [2.24, 2.45) is 5.92 Å². The number of carboxylic acid groups (broad SMARTS) is 1. The monoisotopic (exact) mass is 323 g/mol. The van der Waals surface area contributed by atoms with E-state index >= 15 is 0 Å². The largest absolute Gasteiger partial charge is 0.481 e. The van der Waals surface area contributed by atoms with Crippen LogP contribution in [0.5, 0.6) is 0 Å². The summed E-state index contributed by atoms with van der Waals surface area (Å²) >= 11 is 0. The van der Waals surface area contributed by atoms with Crippen LogP contribution >= 0.6 is 0 Å². The van der Waals surface area contributed by atoms with Crippen molar-refractivity contribution in [3.05, 3.63) is 60.2 Å². The number of carbonyl (C=O) groups excluding carboxylic acids is 1. The third-order valence-corrected chi connectivity index (χ3v) is 4.61. The van der Waals surface area contributed by atoms with E-state index in [-0.39, 0.29) is 18.4 Å². The summed E-state index contributed by atoms with van der Waals surface area (Å²) < 4.78 is 0. The molecule has 24 heavy (non-hydrogen) atoms. The molecule has 124 valence electrons. The summed E-state index contributed by atoms with van der Waals surface area (Å²) in [6, 6.07) is 17.8. The van der Waals surface area contributed by atoms with Crippen LogP contribution in [0.1, 0.15) is 24.8 Å².